The van der Waals surface area contributed by atoms with Gasteiger partial charge in [-0.05, 0) is 32.5 Å². The molecule has 0 aromatic heterocycles. The van der Waals surface area contributed by atoms with Crippen molar-refractivity contribution in [1.29, 1.82) is 0 Å². The van der Waals surface area contributed by atoms with Crippen LogP contribution in [0.5, 0.6) is 0 Å². The van der Waals surface area contributed by atoms with Gasteiger partial charge in [0, 0.05) is 5.88 Å². The maximum absolute atomic E-state index is 5.59. The van der Waals surface area contributed by atoms with E-state index in [9.17, 15) is 0 Å². The lowest BCUT2D eigenvalue weighted by Gasteiger charge is -2.17. The highest BCUT2D eigenvalue weighted by Gasteiger charge is 1.97. The first-order valence-corrected chi connectivity index (χ1v) is 5.66. The fourth-order valence-electron chi connectivity index (χ4n) is 1.32. The standard InChI is InChI=1S/C10H22ClN/c1-3-12(4-2)10-8-6-5-7-9-11/h3-10H2,1-2H3. The van der Waals surface area contributed by atoms with Crippen LogP contribution in [0.25, 0.3) is 0 Å². The number of hydrogen-bond donors (Lipinski definition) is 0. The van der Waals surface area contributed by atoms with E-state index in [2.05, 4.69) is 18.7 Å². The topological polar surface area (TPSA) is 3.24 Å². The molecule has 0 spiro atoms. The molecule has 0 atom stereocenters. The number of rotatable bonds is 8. The van der Waals surface area contributed by atoms with Crippen molar-refractivity contribution in [2.45, 2.75) is 39.5 Å². The fourth-order valence-corrected chi connectivity index (χ4v) is 1.51. The van der Waals surface area contributed by atoms with Crippen LogP contribution in [0, 0.1) is 0 Å². The molecule has 0 rings (SSSR count). The zero-order valence-electron chi connectivity index (χ0n) is 8.48. The molecule has 0 bridgehead atoms. The van der Waals surface area contributed by atoms with E-state index >= 15 is 0 Å². The third kappa shape index (κ3) is 6.93. The molecule has 0 aliphatic heterocycles. The molecule has 0 aliphatic rings. The van der Waals surface area contributed by atoms with Crippen LogP contribution in [0.2, 0.25) is 0 Å². The summed E-state index contributed by atoms with van der Waals surface area (Å²) in [5.74, 6) is 0.825. The van der Waals surface area contributed by atoms with Crippen LogP contribution in [0.1, 0.15) is 39.5 Å². The number of unbranched alkanes of at least 4 members (excludes halogenated alkanes) is 3. The SMILES string of the molecule is CCN(CC)CCCCCCCl. The molecule has 0 heterocycles. The first kappa shape index (κ1) is 12.2. The lowest BCUT2D eigenvalue weighted by atomic mass is 10.2. The summed E-state index contributed by atoms with van der Waals surface area (Å²) in [6.45, 7) is 8.08. The Hall–Kier alpha value is 0.250. The van der Waals surface area contributed by atoms with Gasteiger partial charge in [-0.1, -0.05) is 26.7 Å². The Labute approximate surface area is 82.1 Å². The molecule has 0 unspecified atom stereocenters. The molecule has 0 radical (unpaired) electrons. The summed E-state index contributed by atoms with van der Waals surface area (Å²) in [7, 11) is 0. The Bertz CT molecular complexity index is 81.9. The predicted octanol–water partition coefficient (Wildman–Crippen LogP) is 3.13. The summed E-state index contributed by atoms with van der Waals surface area (Å²) in [6, 6.07) is 0. The second-order valence-corrected chi connectivity index (χ2v) is 3.51. The Morgan fingerprint density at radius 1 is 0.917 bits per heavy atom. The lowest BCUT2D eigenvalue weighted by molar-refractivity contribution is 0.295. The van der Waals surface area contributed by atoms with E-state index in [1.165, 1.54) is 45.3 Å². The van der Waals surface area contributed by atoms with Gasteiger partial charge in [-0.2, -0.15) is 0 Å². The van der Waals surface area contributed by atoms with Gasteiger partial charge in [-0.3, -0.25) is 0 Å². The van der Waals surface area contributed by atoms with Crippen molar-refractivity contribution in [2.24, 2.45) is 0 Å². The molecule has 0 N–H and O–H groups in total. The highest BCUT2D eigenvalue weighted by molar-refractivity contribution is 6.17. The molecular weight excluding hydrogens is 170 g/mol. The van der Waals surface area contributed by atoms with Crippen molar-refractivity contribution in [3.05, 3.63) is 0 Å². The van der Waals surface area contributed by atoms with Gasteiger partial charge >= 0.3 is 0 Å². The second kappa shape index (κ2) is 9.34. The Balaban J connectivity index is 3.06. The van der Waals surface area contributed by atoms with Gasteiger partial charge in [0.05, 0.1) is 0 Å². The molecule has 0 aromatic carbocycles. The van der Waals surface area contributed by atoms with Crippen molar-refractivity contribution in [3.63, 3.8) is 0 Å². The zero-order valence-corrected chi connectivity index (χ0v) is 9.24. The molecule has 1 nitrogen and oxygen atoms in total. The van der Waals surface area contributed by atoms with E-state index in [0.29, 0.717) is 0 Å². The zero-order chi connectivity index (χ0) is 9.23. The van der Waals surface area contributed by atoms with Crippen molar-refractivity contribution in [3.8, 4) is 0 Å². The van der Waals surface area contributed by atoms with Crippen molar-refractivity contribution in [1.82, 2.24) is 4.90 Å². The summed E-state index contributed by atoms with van der Waals surface area (Å²) in [5.41, 5.74) is 0. The molecule has 0 fully saturated rings. The molecule has 0 aromatic rings. The van der Waals surface area contributed by atoms with E-state index in [1.54, 1.807) is 0 Å². The van der Waals surface area contributed by atoms with Gasteiger partial charge in [-0.25, -0.2) is 0 Å². The maximum Gasteiger partial charge on any atom is 0.0223 e. The van der Waals surface area contributed by atoms with Crippen LogP contribution in [0.3, 0.4) is 0 Å². The average molecular weight is 192 g/mol. The van der Waals surface area contributed by atoms with Crippen molar-refractivity contribution >= 4 is 11.6 Å². The molecule has 0 amide bonds. The monoisotopic (exact) mass is 191 g/mol. The smallest absolute Gasteiger partial charge is 0.0223 e. The van der Waals surface area contributed by atoms with Gasteiger partial charge < -0.3 is 4.90 Å². The van der Waals surface area contributed by atoms with Crippen LogP contribution in [0.15, 0.2) is 0 Å². The Morgan fingerprint density at radius 2 is 1.50 bits per heavy atom. The average Bonchev–Trinajstić information content (AvgIpc) is 2.11. The Morgan fingerprint density at radius 3 is 2.00 bits per heavy atom. The quantitative estimate of drug-likeness (QED) is 0.421. The molecule has 12 heavy (non-hydrogen) atoms. The minimum absolute atomic E-state index is 0.825. The summed E-state index contributed by atoms with van der Waals surface area (Å²) in [5, 5.41) is 0. The highest BCUT2D eigenvalue weighted by Crippen LogP contribution is 2.02. The minimum Gasteiger partial charge on any atom is -0.304 e. The van der Waals surface area contributed by atoms with E-state index in [-0.39, 0.29) is 0 Å². The summed E-state index contributed by atoms with van der Waals surface area (Å²) in [6.07, 6.45) is 5.15. The first-order valence-electron chi connectivity index (χ1n) is 5.13. The van der Waals surface area contributed by atoms with Crippen LogP contribution in [-0.2, 0) is 0 Å². The molecule has 74 valence electrons. The van der Waals surface area contributed by atoms with Gasteiger partial charge in [0.1, 0.15) is 0 Å². The molecule has 0 saturated heterocycles. The molecule has 2 heteroatoms. The first-order chi connectivity index (χ1) is 5.85. The van der Waals surface area contributed by atoms with Crippen LogP contribution in [-0.4, -0.2) is 30.4 Å². The summed E-state index contributed by atoms with van der Waals surface area (Å²) >= 11 is 5.59. The summed E-state index contributed by atoms with van der Waals surface area (Å²) < 4.78 is 0. The number of halogens is 1. The van der Waals surface area contributed by atoms with Gasteiger partial charge in [0.15, 0.2) is 0 Å². The number of nitrogens with zero attached hydrogens (tertiary/aromatic N) is 1. The molecule has 0 aliphatic carbocycles. The Kier molecular flexibility index (Phi) is 9.53. The molecule has 0 saturated carbocycles. The minimum atomic E-state index is 0.825. The van der Waals surface area contributed by atoms with E-state index in [1.807, 2.05) is 0 Å². The third-order valence-electron chi connectivity index (χ3n) is 2.25. The van der Waals surface area contributed by atoms with E-state index in [0.717, 1.165) is 5.88 Å². The van der Waals surface area contributed by atoms with E-state index < -0.39 is 0 Å². The van der Waals surface area contributed by atoms with Crippen molar-refractivity contribution < 1.29 is 0 Å². The highest BCUT2D eigenvalue weighted by atomic mass is 35.5. The lowest BCUT2D eigenvalue weighted by Crippen LogP contribution is -2.23. The number of alkyl halides is 1. The summed E-state index contributed by atoms with van der Waals surface area (Å²) in [4.78, 5) is 2.47. The second-order valence-electron chi connectivity index (χ2n) is 3.13. The fraction of sp³-hybridized carbons (Fsp3) is 1.00. The molecular formula is C10H22ClN. The largest absolute Gasteiger partial charge is 0.304 e. The van der Waals surface area contributed by atoms with Crippen molar-refractivity contribution in [2.75, 3.05) is 25.5 Å². The van der Waals surface area contributed by atoms with Crippen LogP contribution < -0.4 is 0 Å². The maximum atomic E-state index is 5.59. The van der Waals surface area contributed by atoms with Gasteiger partial charge in [0.2, 0.25) is 0 Å². The van der Waals surface area contributed by atoms with E-state index in [4.69, 9.17) is 11.6 Å². The number of hydrogen-bond acceptors (Lipinski definition) is 1. The predicted molar refractivity (Wildman–Crippen MR) is 57.0 cm³/mol. The normalized spacial score (nSPS) is 11.0. The van der Waals surface area contributed by atoms with Gasteiger partial charge in [0.25, 0.3) is 0 Å². The third-order valence-corrected chi connectivity index (χ3v) is 2.52. The van der Waals surface area contributed by atoms with Crippen LogP contribution >= 0.6 is 11.6 Å². The van der Waals surface area contributed by atoms with Crippen LogP contribution in [0.4, 0.5) is 0 Å². The van der Waals surface area contributed by atoms with Gasteiger partial charge in [-0.15, -0.1) is 11.6 Å².